The predicted molar refractivity (Wildman–Crippen MR) is 158 cm³/mol. The van der Waals surface area contributed by atoms with E-state index in [2.05, 4.69) is 45.6 Å². The molecule has 0 fully saturated rings. The summed E-state index contributed by atoms with van der Waals surface area (Å²) >= 11 is 0. The number of hydrogen-bond acceptors (Lipinski definition) is 4. The van der Waals surface area contributed by atoms with Crippen LogP contribution in [-0.2, 0) is 0 Å². The number of halogens is 1. The Morgan fingerprint density at radius 1 is 1.08 bits per heavy atom. The summed E-state index contributed by atoms with van der Waals surface area (Å²) in [7, 11) is 0. The Balaban J connectivity index is 1.51. The quantitative estimate of drug-likeness (QED) is 0.163. The molecule has 3 N–H and O–H groups in total. The Morgan fingerprint density at radius 3 is 2.64 bits per heavy atom. The van der Waals surface area contributed by atoms with Crippen LogP contribution in [0.4, 0.5) is 4.39 Å². The average molecular weight is 519 g/mol. The molecule has 196 valence electrons. The standard InChI is InChI=1S/C32H31FN6/c1-5-8-9-20(4)35-24(7-3)18-21(6-2)26-14-15-28-31(37-26)32(39-38-28)29-19-25-27(36-29)16-17-34-30(25)22-10-12-23(33)13-11-22/h6-7,10-19,35-36H,3-5,8-9H2,1-2H3,(H,38,39)/b21-6+,24-18+. The normalized spacial score (nSPS) is 12.3. The van der Waals surface area contributed by atoms with Crippen LogP contribution in [0.2, 0.25) is 0 Å². The van der Waals surface area contributed by atoms with Crippen molar-refractivity contribution < 1.29 is 4.39 Å². The number of benzene rings is 1. The number of allylic oxidation sites excluding steroid dienone is 5. The molecule has 0 aliphatic carbocycles. The van der Waals surface area contributed by atoms with E-state index < -0.39 is 0 Å². The summed E-state index contributed by atoms with van der Waals surface area (Å²) in [6.45, 7) is 12.3. The van der Waals surface area contributed by atoms with E-state index in [0.29, 0.717) is 5.69 Å². The van der Waals surface area contributed by atoms with Gasteiger partial charge in [-0.15, -0.1) is 0 Å². The van der Waals surface area contributed by atoms with Crippen LogP contribution in [0.5, 0.6) is 0 Å². The molecule has 1 aromatic carbocycles. The molecule has 0 radical (unpaired) electrons. The van der Waals surface area contributed by atoms with Crippen molar-refractivity contribution in [3.63, 3.8) is 0 Å². The average Bonchev–Trinajstić information content (AvgIpc) is 3.58. The zero-order valence-corrected chi connectivity index (χ0v) is 22.2. The summed E-state index contributed by atoms with van der Waals surface area (Å²) in [5, 5.41) is 12.0. The molecule has 5 rings (SSSR count). The van der Waals surface area contributed by atoms with E-state index in [-0.39, 0.29) is 5.82 Å². The molecule has 0 saturated carbocycles. The fourth-order valence-corrected chi connectivity index (χ4v) is 4.54. The molecule has 0 aliphatic rings. The van der Waals surface area contributed by atoms with Crippen molar-refractivity contribution in [1.29, 1.82) is 0 Å². The lowest BCUT2D eigenvalue weighted by Crippen LogP contribution is -2.10. The third kappa shape index (κ3) is 5.43. The minimum Gasteiger partial charge on any atom is -0.359 e. The van der Waals surface area contributed by atoms with Crippen LogP contribution < -0.4 is 5.32 Å². The molecular weight excluding hydrogens is 487 g/mol. The van der Waals surface area contributed by atoms with Gasteiger partial charge < -0.3 is 10.3 Å². The first-order chi connectivity index (χ1) is 19.0. The highest BCUT2D eigenvalue weighted by Crippen LogP contribution is 2.33. The maximum Gasteiger partial charge on any atom is 0.135 e. The van der Waals surface area contributed by atoms with Gasteiger partial charge in [0, 0.05) is 34.1 Å². The number of nitrogens with one attached hydrogen (secondary N) is 3. The monoisotopic (exact) mass is 518 g/mol. The molecule has 0 aliphatic heterocycles. The maximum atomic E-state index is 13.5. The van der Waals surface area contributed by atoms with Gasteiger partial charge in [-0.05, 0) is 86.0 Å². The number of nitrogens with zero attached hydrogens (tertiary/aromatic N) is 3. The van der Waals surface area contributed by atoms with Crippen LogP contribution in [0.1, 0.15) is 38.8 Å². The highest BCUT2D eigenvalue weighted by atomic mass is 19.1. The van der Waals surface area contributed by atoms with Gasteiger partial charge >= 0.3 is 0 Å². The second-order valence-corrected chi connectivity index (χ2v) is 9.36. The van der Waals surface area contributed by atoms with Gasteiger partial charge in [0.1, 0.15) is 17.0 Å². The first-order valence-electron chi connectivity index (χ1n) is 13.1. The van der Waals surface area contributed by atoms with E-state index in [1.165, 1.54) is 12.1 Å². The molecule has 0 bridgehead atoms. The first kappa shape index (κ1) is 25.9. The van der Waals surface area contributed by atoms with Crippen molar-refractivity contribution in [2.75, 3.05) is 0 Å². The van der Waals surface area contributed by atoms with Gasteiger partial charge in [-0.1, -0.05) is 32.6 Å². The third-order valence-corrected chi connectivity index (χ3v) is 6.62. The fourth-order valence-electron chi connectivity index (χ4n) is 4.54. The van der Waals surface area contributed by atoms with E-state index >= 15 is 0 Å². The summed E-state index contributed by atoms with van der Waals surface area (Å²) < 4.78 is 13.5. The Morgan fingerprint density at radius 2 is 1.90 bits per heavy atom. The van der Waals surface area contributed by atoms with E-state index in [1.807, 2.05) is 43.3 Å². The van der Waals surface area contributed by atoms with Crippen LogP contribution in [0.25, 0.3) is 50.2 Å². The minimum atomic E-state index is -0.279. The van der Waals surface area contributed by atoms with Crippen molar-refractivity contribution in [3.05, 3.63) is 109 Å². The number of rotatable bonds is 10. The summed E-state index contributed by atoms with van der Waals surface area (Å²) in [5.74, 6) is -0.279. The molecule has 4 aromatic heterocycles. The van der Waals surface area contributed by atoms with Crippen molar-refractivity contribution in [2.24, 2.45) is 0 Å². The van der Waals surface area contributed by atoms with E-state index in [9.17, 15) is 4.39 Å². The molecule has 6 nitrogen and oxygen atoms in total. The Hall–Kier alpha value is -4.78. The smallest absolute Gasteiger partial charge is 0.135 e. The molecule has 0 unspecified atom stereocenters. The van der Waals surface area contributed by atoms with Gasteiger partial charge in [0.05, 0.1) is 22.6 Å². The zero-order valence-electron chi connectivity index (χ0n) is 22.2. The van der Waals surface area contributed by atoms with Crippen molar-refractivity contribution in [1.82, 2.24) is 30.5 Å². The van der Waals surface area contributed by atoms with Gasteiger partial charge in [0.15, 0.2) is 0 Å². The Labute approximate surface area is 227 Å². The van der Waals surface area contributed by atoms with E-state index in [4.69, 9.17) is 4.98 Å². The number of fused-ring (bicyclic) bond motifs is 2. The Bertz CT molecular complexity index is 1720. The van der Waals surface area contributed by atoms with Crippen molar-refractivity contribution >= 4 is 27.5 Å². The fraction of sp³-hybridized carbons (Fsp3) is 0.156. The third-order valence-electron chi connectivity index (χ3n) is 6.62. The highest BCUT2D eigenvalue weighted by molar-refractivity contribution is 5.99. The van der Waals surface area contributed by atoms with Crippen LogP contribution >= 0.6 is 0 Å². The van der Waals surface area contributed by atoms with Gasteiger partial charge in [-0.25, -0.2) is 9.37 Å². The summed E-state index contributed by atoms with van der Waals surface area (Å²) in [4.78, 5) is 13.0. The van der Waals surface area contributed by atoms with Gasteiger partial charge in [-0.2, -0.15) is 5.10 Å². The first-order valence-corrected chi connectivity index (χ1v) is 13.1. The number of H-pyrrole nitrogens is 2. The Kier molecular flexibility index (Phi) is 7.50. The van der Waals surface area contributed by atoms with E-state index in [0.717, 1.165) is 80.8 Å². The molecule has 4 heterocycles. The lowest BCUT2D eigenvalue weighted by molar-refractivity contribution is 0.628. The number of aromatic nitrogens is 5. The van der Waals surface area contributed by atoms with Crippen LogP contribution in [0, 0.1) is 5.82 Å². The van der Waals surface area contributed by atoms with Crippen LogP contribution in [0.15, 0.2) is 97.5 Å². The predicted octanol–water partition coefficient (Wildman–Crippen LogP) is 8.07. The molecule has 39 heavy (non-hydrogen) atoms. The number of hydrogen-bond donors (Lipinski definition) is 3. The summed E-state index contributed by atoms with van der Waals surface area (Å²) in [5.41, 5.74) is 9.24. The highest BCUT2D eigenvalue weighted by Gasteiger charge is 2.16. The molecule has 0 spiro atoms. The molecular formula is C32H31FN6. The van der Waals surface area contributed by atoms with Crippen molar-refractivity contribution in [3.8, 4) is 22.6 Å². The van der Waals surface area contributed by atoms with E-state index in [1.54, 1.807) is 24.4 Å². The molecule has 7 heteroatoms. The van der Waals surface area contributed by atoms with Gasteiger partial charge in [0.25, 0.3) is 0 Å². The lowest BCUT2D eigenvalue weighted by atomic mass is 10.1. The van der Waals surface area contributed by atoms with Crippen LogP contribution in [-0.4, -0.2) is 25.1 Å². The number of aromatic amines is 2. The van der Waals surface area contributed by atoms with Gasteiger partial charge in [0.2, 0.25) is 0 Å². The summed E-state index contributed by atoms with van der Waals surface area (Å²) in [6, 6.07) is 14.3. The molecule has 0 amide bonds. The van der Waals surface area contributed by atoms with Crippen molar-refractivity contribution in [2.45, 2.75) is 33.1 Å². The SMILES string of the molecule is C=C/C(=C\C(=C/C)c1ccc2[nH]nc(-c3cc4c(-c5ccc(F)cc5)nccc4[nH]3)c2n1)NC(=C)CCCC. The minimum absolute atomic E-state index is 0.279. The maximum absolute atomic E-state index is 13.5. The largest absolute Gasteiger partial charge is 0.359 e. The zero-order chi connectivity index (χ0) is 27.4. The summed E-state index contributed by atoms with van der Waals surface area (Å²) in [6.07, 6.45) is 10.7. The second kappa shape index (κ2) is 11.3. The number of unbranched alkanes of at least 4 members (excludes halogenated alkanes) is 1. The second-order valence-electron chi connectivity index (χ2n) is 9.36. The van der Waals surface area contributed by atoms with Crippen LogP contribution in [0.3, 0.4) is 0 Å². The molecule has 5 aromatic rings. The number of pyridine rings is 2. The van der Waals surface area contributed by atoms with Gasteiger partial charge in [-0.3, -0.25) is 10.1 Å². The molecule has 0 saturated heterocycles. The molecule has 0 atom stereocenters. The topological polar surface area (TPSA) is 82.3 Å². The lowest BCUT2D eigenvalue weighted by Gasteiger charge is -2.11.